The molecule has 3 heterocycles. The zero-order valence-electron chi connectivity index (χ0n) is 18.5. The number of carbonyl (C=O) groups is 2. The molecule has 1 N–H and O–H groups in total. The Hall–Kier alpha value is -2.36. The number of carbonyl (C=O) groups excluding carboxylic acids is 2. The number of likely N-dealkylation sites (tertiary alicyclic amines) is 1. The van der Waals surface area contributed by atoms with Gasteiger partial charge in [-0.3, -0.25) is 19.8 Å². The summed E-state index contributed by atoms with van der Waals surface area (Å²) in [7, 11) is 1.62. The molecule has 3 aliphatic rings. The summed E-state index contributed by atoms with van der Waals surface area (Å²) in [5, 5.41) is 12.7. The molecule has 0 aromatic heterocycles. The molecule has 3 aliphatic heterocycles. The van der Waals surface area contributed by atoms with Crippen molar-refractivity contribution in [2.45, 2.75) is 61.3 Å². The van der Waals surface area contributed by atoms with E-state index in [9.17, 15) is 28.0 Å². The van der Waals surface area contributed by atoms with Gasteiger partial charge in [-0.15, -0.1) is 13.2 Å². The van der Waals surface area contributed by atoms with Crippen LogP contribution in [0.25, 0.3) is 0 Å². The molecule has 0 saturated carbocycles. The first-order chi connectivity index (χ1) is 16.1. The molecule has 0 radical (unpaired) electrons. The number of ether oxygens (including phenoxy) is 1. The molecular formula is C22H25BrF3N5O3. The third kappa shape index (κ3) is 5.16. The lowest BCUT2D eigenvalue weighted by molar-refractivity contribution is -0.274. The van der Waals surface area contributed by atoms with Crippen molar-refractivity contribution in [1.29, 1.82) is 5.26 Å². The molecule has 4 rings (SSSR count). The number of likely N-dealkylation sites (N-methyl/N-ethyl adjacent to an activating group) is 1. The summed E-state index contributed by atoms with van der Waals surface area (Å²) in [6.07, 6.45) is -3.28. The molecule has 0 spiro atoms. The van der Waals surface area contributed by atoms with Gasteiger partial charge in [0.2, 0.25) is 0 Å². The average molecular weight is 544 g/mol. The molecule has 4 unspecified atom stereocenters. The van der Waals surface area contributed by atoms with E-state index in [4.69, 9.17) is 0 Å². The average Bonchev–Trinajstić information content (AvgIpc) is 2.79. The number of piperazine rings is 1. The van der Waals surface area contributed by atoms with Crippen molar-refractivity contribution < 1.29 is 27.5 Å². The van der Waals surface area contributed by atoms with Crippen LogP contribution in [0.15, 0.2) is 24.3 Å². The number of piperidine rings is 2. The lowest BCUT2D eigenvalue weighted by Crippen LogP contribution is -2.74. The van der Waals surface area contributed by atoms with Gasteiger partial charge >= 0.3 is 18.2 Å². The van der Waals surface area contributed by atoms with Gasteiger partial charge in [-0.25, -0.2) is 0 Å². The predicted molar refractivity (Wildman–Crippen MR) is 118 cm³/mol. The summed E-state index contributed by atoms with van der Waals surface area (Å²) < 4.78 is 40.9. The molecule has 1 aromatic rings. The lowest BCUT2D eigenvalue weighted by atomic mass is 9.91. The molecule has 3 saturated heterocycles. The Balaban J connectivity index is 1.39. The fraction of sp³-hybridized carbons (Fsp3) is 0.591. The summed E-state index contributed by atoms with van der Waals surface area (Å²) in [4.78, 5) is 30.8. The highest BCUT2D eigenvalue weighted by atomic mass is 79.9. The van der Waals surface area contributed by atoms with Gasteiger partial charge < -0.3 is 14.5 Å². The number of nitriles is 1. The van der Waals surface area contributed by atoms with E-state index in [1.807, 2.05) is 0 Å². The third-order valence-corrected chi connectivity index (χ3v) is 7.63. The minimum atomic E-state index is -4.72. The normalized spacial score (nSPS) is 29.1. The highest BCUT2D eigenvalue weighted by Gasteiger charge is 2.51. The maximum Gasteiger partial charge on any atom is 0.573 e. The molecule has 4 atom stereocenters. The SMILES string of the molecule is CN1C(=O)C(=O)N(C2CCN(Cc3ccc(OC(F)(F)F)cc3)CC2)C2NC(C#N)C(Br)CC21. The van der Waals surface area contributed by atoms with Crippen LogP contribution in [0.4, 0.5) is 13.2 Å². The van der Waals surface area contributed by atoms with Crippen LogP contribution in [-0.2, 0) is 16.1 Å². The van der Waals surface area contributed by atoms with Gasteiger partial charge in [0, 0.05) is 37.6 Å². The topological polar surface area (TPSA) is 88.9 Å². The summed E-state index contributed by atoms with van der Waals surface area (Å²) in [5.74, 6) is -1.36. The fourth-order valence-corrected chi connectivity index (χ4v) is 5.64. The fourth-order valence-electron chi connectivity index (χ4n) is 4.99. The van der Waals surface area contributed by atoms with Gasteiger partial charge in [-0.1, -0.05) is 28.1 Å². The number of fused-ring (bicyclic) bond motifs is 1. The number of alkyl halides is 4. The van der Waals surface area contributed by atoms with Crippen LogP contribution in [0.1, 0.15) is 24.8 Å². The largest absolute Gasteiger partial charge is 0.573 e. The zero-order chi connectivity index (χ0) is 24.6. The van der Waals surface area contributed by atoms with Gasteiger partial charge in [0.1, 0.15) is 18.0 Å². The third-order valence-electron chi connectivity index (χ3n) is 6.73. The van der Waals surface area contributed by atoms with Gasteiger partial charge in [-0.05, 0) is 37.0 Å². The quantitative estimate of drug-likeness (QED) is 0.462. The second-order valence-electron chi connectivity index (χ2n) is 8.86. The van der Waals surface area contributed by atoms with Gasteiger partial charge in [0.15, 0.2) is 0 Å². The van der Waals surface area contributed by atoms with Gasteiger partial charge in [0.05, 0.1) is 12.1 Å². The van der Waals surface area contributed by atoms with Crippen molar-refractivity contribution >= 4 is 27.7 Å². The smallest absolute Gasteiger partial charge is 0.406 e. The number of rotatable bonds is 4. The number of benzene rings is 1. The molecule has 12 heteroatoms. The Labute approximate surface area is 203 Å². The number of hydrogen-bond acceptors (Lipinski definition) is 6. The molecule has 3 fully saturated rings. The maximum atomic E-state index is 13.0. The van der Waals surface area contributed by atoms with Crippen molar-refractivity contribution in [3.63, 3.8) is 0 Å². The van der Waals surface area contributed by atoms with Crippen LogP contribution in [0.5, 0.6) is 5.75 Å². The second kappa shape index (κ2) is 9.71. The van der Waals surface area contributed by atoms with E-state index < -0.39 is 30.4 Å². The number of hydrogen-bond donors (Lipinski definition) is 1. The minimum absolute atomic E-state index is 0.126. The molecule has 8 nitrogen and oxygen atoms in total. The van der Waals surface area contributed by atoms with Crippen molar-refractivity contribution in [3.05, 3.63) is 29.8 Å². The second-order valence-corrected chi connectivity index (χ2v) is 10.0. The molecule has 1 aromatic carbocycles. The van der Waals surface area contributed by atoms with E-state index in [-0.39, 0.29) is 22.7 Å². The van der Waals surface area contributed by atoms with Crippen molar-refractivity contribution in [2.24, 2.45) is 0 Å². The van der Waals surface area contributed by atoms with E-state index in [1.165, 1.54) is 17.0 Å². The molecular weight excluding hydrogens is 519 g/mol. The van der Waals surface area contributed by atoms with Crippen LogP contribution in [0.3, 0.4) is 0 Å². The summed E-state index contributed by atoms with van der Waals surface area (Å²) in [5.41, 5.74) is 0.855. The highest BCUT2D eigenvalue weighted by Crippen LogP contribution is 2.32. The lowest BCUT2D eigenvalue weighted by Gasteiger charge is -2.53. The van der Waals surface area contributed by atoms with E-state index in [2.05, 4.69) is 37.0 Å². The first-order valence-corrected chi connectivity index (χ1v) is 11.9. The number of halogens is 4. The standard InChI is InChI=1S/C22H25BrF3N5O3/c1-29-18-10-16(23)17(11-27)28-19(18)31(21(33)20(29)32)14-6-8-30(9-7-14)12-13-2-4-15(5-3-13)34-22(24,25)26/h2-5,14,16-19,28H,6-10,12H2,1H3. The molecule has 0 aliphatic carbocycles. The Bertz CT molecular complexity index is 962. The molecule has 2 amide bonds. The van der Waals surface area contributed by atoms with Gasteiger partial charge in [-0.2, -0.15) is 5.26 Å². The van der Waals surface area contributed by atoms with E-state index in [0.29, 0.717) is 38.9 Å². The number of nitrogens with zero attached hydrogens (tertiary/aromatic N) is 4. The first kappa shape index (κ1) is 24.8. The Kier molecular flexibility index (Phi) is 7.07. The summed E-state index contributed by atoms with van der Waals surface area (Å²) in [6.45, 7) is 1.89. The van der Waals surface area contributed by atoms with Crippen LogP contribution < -0.4 is 10.1 Å². The zero-order valence-corrected chi connectivity index (χ0v) is 20.1. The number of amides is 2. The van der Waals surface area contributed by atoms with Crippen LogP contribution >= 0.6 is 15.9 Å². The molecule has 184 valence electrons. The van der Waals surface area contributed by atoms with Crippen molar-refractivity contribution in [2.75, 3.05) is 20.1 Å². The molecule has 34 heavy (non-hydrogen) atoms. The van der Waals surface area contributed by atoms with Crippen LogP contribution in [0, 0.1) is 11.3 Å². The summed E-state index contributed by atoms with van der Waals surface area (Å²) >= 11 is 3.52. The number of nitrogens with one attached hydrogen (secondary N) is 1. The molecule has 0 bridgehead atoms. The monoisotopic (exact) mass is 543 g/mol. The Morgan fingerprint density at radius 1 is 1.18 bits per heavy atom. The van der Waals surface area contributed by atoms with Crippen molar-refractivity contribution in [3.8, 4) is 11.8 Å². The van der Waals surface area contributed by atoms with E-state index >= 15 is 0 Å². The summed E-state index contributed by atoms with van der Waals surface area (Å²) in [6, 6.07) is 7.17. The van der Waals surface area contributed by atoms with E-state index in [0.717, 1.165) is 5.56 Å². The Morgan fingerprint density at radius 3 is 2.41 bits per heavy atom. The minimum Gasteiger partial charge on any atom is -0.406 e. The highest BCUT2D eigenvalue weighted by molar-refractivity contribution is 9.09. The Morgan fingerprint density at radius 2 is 1.82 bits per heavy atom. The van der Waals surface area contributed by atoms with Crippen molar-refractivity contribution in [1.82, 2.24) is 20.0 Å². The van der Waals surface area contributed by atoms with Crippen LogP contribution in [-0.4, -0.2) is 82.1 Å². The van der Waals surface area contributed by atoms with Crippen LogP contribution in [0.2, 0.25) is 0 Å². The van der Waals surface area contributed by atoms with Gasteiger partial charge in [0.25, 0.3) is 0 Å². The predicted octanol–water partition coefficient (Wildman–Crippen LogP) is 2.19. The van der Waals surface area contributed by atoms with E-state index in [1.54, 1.807) is 24.1 Å². The first-order valence-electron chi connectivity index (χ1n) is 11.0. The maximum absolute atomic E-state index is 13.0.